The molecule has 1 N–H and O–H groups in total. The molecule has 0 unspecified atom stereocenters. The molecule has 0 saturated heterocycles. The largest absolute Gasteiger partial charge is 0.507 e. The smallest absolute Gasteiger partial charge is 0.122 e. The lowest BCUT2D eigenvalue weighted by Gasteiger charge is -2.04. The van der Waals surface area contributed by atoms with E-state index in [0.29, 0.717) is 0 Å². The third-order valence-corrected chi connectivity index (χ3v) is 3.54. The van der Waals surface area contributed by atoms with Crippen molar-refractivity contribution in [3.05, 3.63) is 66.2 Å². The quantitative estimate of drug-likeness (QED) is 0.805. The third kappa shape index (κ3) is 3.14. The summed E-state index contributed by atoms with van der Waals surface area (Å²) >= 11 is 1.78. The van der Waals surface area contributed by atoms with Crippen molar-refractivity contribution in [1.29, 1.82) is 0 Å². The maximum absolute atomic E-state index is 9.54. The summed E-state index contributed by atoms with van der Waals surface area (Å²) in [7, 11) is 0. The first kappa shape index (κ1) is 11.8. The van der Waals surface area contributed by atoms with Gasteiger partial charge < -0.3 is 5.11 Å². The molecule has 2 heteroatoms. The zero-order chi connectivity index (χ0) is 12.1. The van der Waals surface area contributed by atoms with E-state index in [1.165, 1.54) is 10.5 Å². The Morgan fingerprint density at radius 3 is 2.59 bits per heavy atom. The molecule has 1 nitrogen and oxygen atoms in total. The molecule has 0 atom stereocenters. The third-order valence-electron chi connectivity index (χ3n) is 2.46. The highest BCUT2D eigenvalue weighted by Gasteiger charge is 2.00. The van der Waals surface area contributed by atoms with E-state index in [9.17, 15) is 5.11 Å². The molecule has 0 spiro atoms. The van der Waals surface area contributed by atoms with Gasteiger partial charge in [-0.15, -0.1) is 11.8 Å². The minimum absolute atomic E-state index is 0.286. The van der Waals surface area contributed by atoms with Gasteiger partial charge >= 0.3 is 0 Å². The van der Waals surface area contributed by atoms with Gasteiger partial charge in [0.1, 0.15) is 5.75 Å². The van der Waals surface area contributed by atoms with Crippen LogP contribution in [-0.2, 0) is 5.75 Å². The van der Waals surface area contributed by atoms with E-state index in [1.54, 1.807) is 23.9 Å². The van der Waals surface area contributed by atoms with Crippen LogP contribution in [0.2, 0.25) is 0 Å². The highest BCUT2D eigenvalue weighted by Crippen LogP contribution is 2.25. The Labute approximate surface area is 106 Å². The Morgan fingerprint density at radius 2 is 1.88 bits per heavy atom. The summed E-state index contributed by atoms with van der Waals surface area (Å²) < 4.78 is 0. The topological polar surface area (TPSA) is 20.2 Å². The maximum Gasteiger partial charge on any atom is 0.122 e. The molecule has 0 radical (unpaired) electrons. The molecule has 0 aliphatic heterocycles. The minimum atomic E-state index is 0.286. The van der Waals surface area contributed by atoms with Gasteiger partial charge in [0.2, 0.25) is 0 Å². The van der Waals surface area contributed by atoms with Gasteiger partial charge in [-0.2, -0.15) is 0 Å². The molecule has 2 aromatic rings. The molecule has 0 amide bonds. The molecular formula is C15H14OS. The van der Waals surface area contributed by atoms with Crippen molar-refractivity contribution in [2.75, 3.05) is 0 Å². The van der Waals surface area contributed by atoms with Crippen LogP contribution in [0.25, 0.3) is 6.08 Å². The lowest BCUT2D eigenvalue weighted by molar-refractivity contribution is 0.474. The van der Waals surface area contributed by atoms with Crippen molar-refractivity contribution in [3.63, 3.8) is 0 Å². The standard InChI is InChI=1S/C15H14OS/c1-2-13-10-12(8-9-15(13)16)11-17-14-6-4-3-5-7-14/h2-10,16H,1,11H2. The number of aromatic hydroxyl groups is 1. The Bertz CT molecular complexity index is 506. The predicted octanol–water partition coefficient (Wildman–Crippen LogP) is 4.33. The first-order valence-corrected chi connectivity index (χ1v) is 6.40. The molecule has 0 aliphatic carbocycles. The van der Waals surface area contributed by atoms with Crippen LogP contribution in [0.3, 0.4) is 0 Å². The summed E-state index contributed by atoms with van der Waals surface area (Å²) in [6, 6.07) is 15.9. The van der Waals surface area contributed by atoms with Gasteiger partial charge in [0, 0.05) is 16.2 Å². The molecular weight excluding hydrogens is 228 g/mol. The van der Waals surface area contributed by atoms with Gasteiger partial charge in [0.15, 0.2) is 0 Å². The second-order valence-electron chi connectivity index (χ2n) is 3.70. The van der Waals surface area contributed by atoms with Gasteiger partial charge in [0.05, 0.1) is 0 Å². The van der Waals surface area contributed by atoms with E-state index in [-0.39, 0.29) is 5.75 Å². The molecule has 2 rings (SSSR count). The summed E-state index contributed by atoms with van der Waals surface area (Å²) in [5, 5.41) is 9.54. The van der Waals surface area contributed by atoms with Crippen LogP contribution >= 0.6 is 11.8 Å². The Hall–Kier alpha value is -1.67. The first-order chi connectivity index (χ1) is 8.29. The number of rotatable bonds is 4. The minimum Gasteiger partial charge on any atom is -0.507 e. The monoisotopic (exact) mass is 242 g/mol. The molecule has 86 valence electrons. The van der Waals surface area contributed by atoms with Crippen LogP contribution in [0.4, 0.5) is 0 Å². The summed E-state index contributed by atoms with van der Waals surface area (Å²) in [6.45, 7) is 3.68. The molecule has 0 aromatic heterocycles. The lowest BCUT2D eigenvalue weighted by atomic mass is 10.1. The van der Waals surface area contributed by atoms with Gasteiger partial charge in [0.25, 0.3) is 0 Å². The van der Waals surface area contributed by atoms with Gasteiger partial charge in [-0.05, 0) is 29.8 Å². The van der Waals surface area contributed by atoms with E-state index in [1.807, 2.05) is 30.3 Å². The van der Waals surface area contributed by atoms with Crippen molar-refractivity contribution in [1.82, 2.24) is 0 Å². The number of hydrogen-bond acceptors (Lipinski definition) is 2. The predicted molar refractivity (Wildman–Crippen MR) is 74.2 cm³/mol. The first-order valence-electron chi connectivity index (χ1n) is 5.42. The Morgan fingerprint density at radius 1 is 1.12 bits per heavy atom. The van der Waals surface area contributed by atoms with Crippen LogP contribution in [0.1, 0.15) is 11.1 Å². The highest BCUT2D eigenvalue weighted by atomic mass is 32.2. The van der Waals surface area contributed by atoms with Crippen molar-refractivity contribution >= 4 is 17.8 Å². The molecule has 0 bridgehead atoms. The van der Waals surface area contributed by atoms with Crippen LogP contribution in [-0.4, -0.2) is 5.11 Å². The molecule has 0 saturated carbocycles. The lowest BCUT2D eigenvalue weighted by Crippen LogP contribution is -1.83. The summed E-state index contributed by atoms with van der Waals surface area (Å²) in [5.41, 5.74) is 1.97. The van der Waals surface area contributed by atoms with Crippen LogP contribution < -0.4 is 0 Å². The van der Waals surface area contributed by atoms with Gasteiger partial charge in [-0.1, -0.05) is 36.9 Å². The Kier molecular flexibility index (Phi) is 3.89. The number of benzene rings is 2. The van der Waals surface area contributed by atoms with Gasteiger partial charge in [-0.25, -0.2) is 0 Å². The second-order valence-corrected chi connectivity index (χ2v) is 4.75. The Balaban J connectivity index is 2.07. The van der Waals surface area contributed by atoms with Crippen molar-refractivity contribution in [2.45, 2.75) is 10.6 Å². The van der Waals surface area contributed by atoms with Crippen LogP contribution in [0.15, 0.2) is 60.0 Å². The van der Waals surface area contributed by atoms with Gasteiger partial charge in [-0.3, -0.25) is 0 Å². The molecule has 2 aromatic carbocycles. The summed E-state index contributed by atoms with van der Waals surface area (Å²) in [4.78, 5) is 1.25. The summed E-state index contributed by atoms with van der Waals surface area (Å²) in [6.07, 6.45) is 1.67. The highest BCUT2D eigenvalue weighted by molar-refractivity contribution is 7.98. The average molecular weight is 242 g/mol. The molecule has 0 heterocycles. The van der Waals surface area contributed by atoms with Crippen molar-refractivity contribution < 1.29 is 5.11 Å². The van der Waals surface area contributed by atoms with Crippen LogP contribution in [0.5, 0.6) is 5.75 Å². The fraction of sp³-hybridized carbons (Fsp3) is 0.0667. The van der Waals surface area contributed by atoms with E-state index in [0.717, 1.165) is 11.3 Å². The van der Waals surface area contributed by atoms with Crippen LogP contribution in [0, 0.1) is 0 Å². The number of hydrogen-bond donors (Lipinski definition) is 1. The normalized spacial score (nSPS) is 10.1. The number of thioether (sulfide) groups is 1. The number of phenols is 1. The van der Waals surface area contributed by atoms with E-state index < -0.39 is 0 Å². The van der Waals surface area contributed by atoms with E-state index >= 15 is 0 Å². The molecule has 0 aliphatic rings. The fourth-order valence-electron chi connectivity index (χ4n) is 1.54. The fourth-order valence-corrected chi connectivity index (χ4v) is 2.40. The zero-order valence-corrected chi connectivity index (χ0v) is 10.3. The molecule has 0 fully saturated rings. The zero-order valence-electron chi connectivity index (χ0n) is 9.47. The van der Waals surface area contributed by atoms with E-state index in [2.05, 4.69) is 18.7 Å². The SMILES string of the molecule is C=Cc1cc(CSc2ccccc2)ccc1O. The van der Waals surface area contributed by atoms with E-state index in [4.69, 9.17) is 0 Å². The number of phenolic OH excluding ortho intramolecular Hbond substituents is 1. The average Bonchev–Trinajstić information content (AvgIpc) is 2.39. The van der Waals surface area contributed by atoms with Crippen molar-refractivity contribution in [2.24, 2.45) is 0 Å². The maximum atomic E-state index is 9.54. The summed E-state index contributed by atoms with van der Waals surface area (Å²) in [5.74, 6) is 1.18. The second kappa shape index (κ2) is 5.60. The molecule has 17 heavy (non-hydrogen) atoms. The van der Waals surface area contributed by atoms with Crippen molar-refractivity contribution in [3.8, 4) is 5.75 Å².